The fourth-order valence-electron chi connectivity index (χ4n) is 3.12. The highest BCUT2D eigenvalue weighted by Gasteiger charge is 2.13. The van der Waals surface area contributed by atoms with Crippen molar-refractivity contribution in [2.24, 2.45) is 0 Å². The summed E-state index contributed by atoms with van der Waals surface area (Å²) in [5, 5.41) is 4.63. The third-order valence-corrected chi connectivity index (χ3v) is 6.44. The van der Waals surface area contributed by atoms with Crippen molar-refractivity contribution in [3.63, 3.8) is 0 Å². The molecule has 0 aliphatic heterocycles. The first-order chi connectivity index (χ1) is 14.9. The van der Waals surface area contributed by atoms with E-state index in [4.69, 9.17) is 11.6 Å². The van der Waals surface area contributed by atoms with Crippen molar-refractivity contribution < 1.29 is 8.42 Å². The molecule has 8 heteroatoms. The summed E-state index contributed by atoms with van der Waals surface area (Å²) in [7, 11) is -3.56. The molecule has 0 unspecified atom stereocenters. The molecule has 0 atom stereocenters. The van der Waals surface area contributed by atoms with Crippen molar-refractivity contribution >= 4 is 38.3 Å². The predicted molar refractivity (Wildman–Crippen MR) is 125 cm³/mol. The zero-order chi connectivity index (χ0) is 21.8. The van der Waals surface area contributed by atoms with E-state index in [9.17, 15) is 8.42 Å². The zero-order valence-electron chi connectivity index (χ0n) is 16.8. The zero-order valence-corrected chi connectivity index (χ0v) is 18.4. The quantitative estimate of drug-likeness (QED) is 0.399. The summed E-state index contributed by atoms with van der Waals surface area (Å²) >= 11 is 6.17. The Kier molecular flexibility index (Phi) is 6.18. The van der Waals surface area contributed by atoms with Gasteiger partial charge in [-0.25, -0.2) is 23.1 Å². The minimum absolute atomic E-state index is 0.205. The SMILES string of the molecule is Cc1ccc(-c2nc(NCCNS(=O)(=O)c3ccccc3)c3ccc(Cl)cc3n2)cc1. The van der Waals surface area contributed by atoms with Gasteiger partial charge in [0, 0.05) is 29.1 Å². The van der Waals surface area contributed by atoms with E-state index in [1.807, 2.05) is 37.3 Å². The number of aryl methyl sites for hydroxylation is 1. The maximum absolute atomic E-state index is 12.4. The van der Waals surface area contributed by atoms with Crippen LogP contribution in [0.3, 0.4) is 0 Å². The number of hydrogen-bond acceptors (Lipinski definition) is 5. The maximum Gasteiger partial charge on any atom is 0.240 e. The molecule has 4 aromatic rings. The summed E-state index contributed by atoms with van der Waals surface area (Å²) in [5.41, 5.74) is 2.75. The van der Waals surface area contributed by atoms with Crippen LogP contribution in [0.2, 0.25) is 5.02 Å². The van der Waals surface area contributed by atoms with Crippen LogP contribution in [0.4, 0.5) is 5.82 Å². The molecular formula is C23H21ClN4O2S. The number of hydrogen-bond donors (Lipinski definition) is 2. The van der Waals surface area contributed by atoms with E-state index in [1.165, 1.54) is 0 Å². The Morgan fingerprint density at radius 2 is 1.65 bits per heavy atom. The lowest BCUT2D eigenvalue weighted by Gasteiger charge is -2.12. The Hall–Kier alpha value is -3.00. The maximum atomic E-state index is 12.4. The van der Waals surface area contributed by atoms with Gasteiger partial charge in [-0.15, -0.1) is 0 Å². The van der Waals surface area contributed by atoms with Crippen LogP contribution >= 0.6 is 11.6 Å². The monoisotopic (exact) mass is 452 g/mol. The molecule has 158 valence electrons. The van der Waals surface area contributed by atoms with E-state index < -0.39 is 10.0 Å². The second kappa shape index (κ2) is 9.01. The molecule has 1 heterocycles. The van der Waals surface area contributed by atoms with E-state index in [0.29, 0.717) is 28.7 Å². The first kappa shape index (κ1) is 21.2. The third kappa shape index (κ3) is 5.02. The summed E-state index contributed by atoms with van der Waals surface area (Å²) in [6.45, 7) is 2.58. The standard InChI is InChI=1S/C23H21ClN4O2S/c1-16-7-9-17(10-8-16)22-27-21-15-18(24)11-12-20(21)23(28-22)25-13-14-26-31(29,30)19-5-3-2-4-6-19/h2-12,15,26H,13-14H2,1H3,(H,25,27,28). The van der Waals surface area contributed by atoms with Crippen molar-refractivity contribution in [2.75, 3.05) is 18.4 Å². The number of anilines is 1. The lowest BCUT2D eigenvalue weighted by Crippen LogP contribution is -2.29. The molecule has 0 aliphatic rings. The van der Waals surface area contributed by atoms with Gasteiger partial charge in [-0.1, -0.05) is 59.6 Å². The molecular weight excluding hydrogens is 432 g/mol. The first-order valence-corrected chi connectivity index (χ1v) is 11.6. The lowest BCUT2D eigenvalue weighted by molar-refractivity contribution is 0.583. The molecule has 0 bridgehead atoms. The molecule has 0 saturated carbocycles. The molecule has 3 aromatic carbocycles. The molecule has 0 amide bonds. The number of sulfonamides is 1. The van der Waals surface area contributed by atoms with Crippen molar-refractivity contribution in [1.29, 1.82) is 0 Å². The van der Waals surface area contributed by atoms with E-state index in [-0.39, 0.29) is 11.4 Å². The largest absolute Gasteiger partial charge is 0.368 e. The van der Waals surface area contributed by atoms with E-state index in [0.717, 1.165) is 16.5 Å². The van der Waals surface area contributed by atoms with Gasteiger partial charge in [0.1, 0.15) is 5.82 Å². The molecule has 0 spiro atoms. The molecule has 6 nitrogen and oxygen atoms in total. The lowest BCUT2D eigenvalue weighted by atomic mass is 10.1. The van der Waals surface area contributed by atoms with Gasteiger partial charge >= 0.3 is 0 Å². The van der Waals surface area contributed by atoms with Crippen LogP contribution in [0, 0.1) is 6.92 Å². The van der Waals surface area contributed by atoms with Crippen LogP contribution in [0.15, 0.2) is 77.7 Å². The van der Waals surface area contributed by atoms with Crippen molar-refractivity contribution in [3.05, 3.63) is 83.4 Å². The molecule has 0 aliphatic carbocycles. The Morgan fingerprint density at radius 3 is 2.39 bits per heavy atom. The fourth-order valence-corrected chi connectivity index (χ4v) is 4.34. The Morgan fingerprint density at radius 1 is 0.903 bits per heavy atom. The minimum Gasteiger partial charge on any atom is -0.368 e. The van der Waals surface area contributed by atoms with Gasteiger partial charge in [-0.05, 0) is 37.3 Å². The summed E-state index contributed by atoms with van der Waals surface area (Å²) in [6, 6.07) is 21.7. The Balaban J connectivity index is 1.56. The second-order valence-electron chi connectivity index (χ2n) is 7.06. The predicted octanol–water partition coefficient (Wildman–Crippen LogP) is 4.65. The van der Waals surface area contributed by atoms with Crippen LogP contribution in [0.5, 0.6) is 0 Å². The van der Waals surface area contributed by atoms with Crippen LogP contribution in [-0.4, -0.2) is 31.5 Å². The average molecular weight is 453 g/mol. The molecule has 31 heavy (non-hydrogen) atoms. The number of nitrogens with one attached hydrogen (secondary N) is 2. The van der Waals surface area contributed by atoms with Gasteiger partial charge in [0.05, 0.1) is 10.4 Å². The van der Waals surface area contributed by atoms with Crippen LogP contribution in [-0.2, 0) is 10.0 Å². The van der Waals surface area contributed by atoms with Gasteiger partial charge in [0.25, 0.3) is 0 Å². The topological polar surface area (TPSA) is 84.0 Å². The van der Waals surface area contributed by atoms with Crippen molar-refractivity contribution in [2.45, 2.75) is 11.8 Å². The van der Waals surface area contributed by atoms with Gasteiger partial charge in [-0.3, -0.25) is 0 Å². The van der Waals surface area contributed by atoms with E-state index in [1.54, 1.807) is 42.5 Å². The molecule has 2 N–H and O–H groups in total. The summed E-state index contributed by atoms with van der Waals surface area (Å²) < 4.78 is 27.4. The third-order valence-electron chi connectivity index (χ3n) is 4.73. The second-order valence-corrected chi connectivity index (χ2v) is 9.26. The normalized spacial score (nSPS) is 11.5. The highest BCUT2D eigenvalue weighted by Crippen LogP contribution is 2.27. The van der Waals surface area contributed by atoms with Crippen LogP contribution in [0.25, 0.3) is 22.3 Å². The number of nitrogens with zero attached hydrogens (tertiary/aromatic N) is 2. The van der Waals surface area contributed by atoms with E-state index in [2.05, 4.69) is 20.0 Å². The number of aromatic nitrogens is 2. The molecule has 0 saturated heterocycles. The van der Waals surface area contributed by atoms with Crippen LogP contribution < -0.4 is 10.0 Å². The van der Waals surface area contributed by atoms with Gasteiger partial charge < -0.3 is 5.32 Å². The van der Waals surface area contributed by atoms with Gasteiger partial charge in [0.15, 0.2) is 5.82 Å². The number of fused-ring (bicyclic) bond motifs is 1. The van der Waals surface area contributed by atoms with Crippen molar-refractivity contribution in [1.82, 2.24) is 14.7 Å². The van der Waals surface area contributed by atoms with Crippen LogP contribution in [0.1, 0.15) is 5.56 Å². The summed E-state index contributed by atoms with van der Waals surface area (Å²) in [5.74, 6) is 1.19. The molecule has 4 rings (SSSR count). The van der Waals surface area contributed by atoms with Gasteiger partial charge in [0.2, 0.25) is 10.0 Å². The highest BCUT2D eigenvalue weighted by atomic mass is 35.5. The smallest absolute Gasteiger partial charge is 0.240 e. The molecule has 0 fully saturated rings. The molecule has 1 aromatic heterocycles. The number of rotatable bonds is 7. The number of halogens is 1. The van der Waals surface area contributed by atoms with Crippen molar-refractivity contribution in [3.8, 4) is 11.4 Å². The Labute approximate surface area is 186 Å². The van der Waals surface area contributed by atoms with E-state index >= 15 is 0 Å². The number of benzene rings is 3. The Bertz CT molecular complexity index is 1310. The molecule has 0 radical (unpaired) electrons. The summed E-state index contributed by atoms with van der Waals surface area (Å²) in [6.07, 6.45) is 0. The van der Waals surface area contributed by atoms with Gasteiger partial charge in [-0.2, -0.15) is 0 Å². The average Bonchev–Trinajstić information content (AvgIpc) is 2.77. The summed E-state index contributed by atoms with van der Waals surface area (Å²) in [4.78, 5) is 9.57. The first-order valence-electron chi connectivity index (χ1n) is 9.75. The minimum atomic E-state index is -3.56. The highest BCUT2D eigenvalue weighted by molar-refractivity contribution is 7.89. The fraction of sp³-hybridized carbons (Fsp3) is 0.130.